The van der Waals surface area contributed by atoms with Gasteiger partial charge in [0.25, 0.3) is 5.91 Å². The number of anilines is 1. The largest absolute Gasteiger partial charge is 0.321 e. The zero-order chi connectivity index (χ0) is 17.0. The Morgan fingerprint density at radius 1 is 1.17 bits per heavy atom. The van der Waals surface area contributed by atoms with E-state index in [1.54, 1.807) is 18.2 Å². The maximum atomic E-state index is 12.3. The summed E-state index contributed by atoms with van der Waals surface area (Å²) in [5.41, 5.74) is 2.98. The van der Waals surface area contributed by atoms with Crippen molar-refractivity contribution in [2.75, 3.05) is 5.32 Å². The molecule has 116 valence electrons. The molecule has 1 N–H and O–H groups in total. The quantitative estimate of drug-likeness (QED) is 0.617. The minimum atomic E-state index is -0.503. The zero-order valence-corrected chi connectivity index (χ0v) is 14.2. The number of benzene rings is 2. The van der Waals surface area contributed by atoms with Crippen LogP contribution in [-0.4, -0.2) is 5.91 Å². The van der Waals surface area contributed by atoms with Gasteiger partial charge in [0, 0.05) is 21.3 Å². The molecular weight excluding hydrogens is 331 g/mol. The van der Waals surface area contributed by atoms with E-state index in [0.717, 1.165) is 11.1 Å². The highest BCUT2D eigenvalue weighted by atomic mass is 35.5. The lowest BCUT2D eigenvalue weighted by atomic mass is 10.1. The molecule has 0 aliphatic rings. The van der Waals surface area contributed by atoms with Gasteiger partial charge in [-0.05, 0) is 49.2 Å². The number of hydrogen-bond donors (Lipinski definition) is 1. The fourth-order valence-corrected chi connectivity index (χ4v) is 2.51. The van der Waals surface area contributed by atoms with Crippen LogP contribution < -0.4 is 5.32 Å². The van der Waals surface area contributed by atoms with Crippen molar-refractivity contribution in [3.05, 3.63) is 68.7 Å². The Balaban J connectivity index is 2.34. The van der Waals surface area contributed by atoms with Crippen molar-refractivity contribution < 1.29 is 4.79 Å². The van der Waals surface area contributed by atoms with E-state index < -0.39 is 5.91 Å². The molecule has 0 spiro atoms. The first kappa shape index (κ1) is 17.1. The van der Waals surface area contributed by atoms with Gasteiger partial charge < -0.3 is 5.32 Å². The first-order valence-corrected chi connectivity index (χ1v) is 7.62. The van der Waals surface area contributed by atoms with Gasteiger partial charge in [-0.3, -0.25) is 4.79 Å². The van der Waals surface area contributed by atoms with Gasteiger partial charge in [0.2, 0.25) is 0 Å². The van der Waals surface area contributed by atoms with E-state index >= 15 is 0 Å². The van der Waals surface area contributed by atoms with E-state index in [1.165, 1.54) is 6.08 Å². The number of nitrogens with zero attached hydrogens (tertiary/aromatic N) is 1. The number of nitrogens with one attached hydrogen (secondary N) is 1. The van der Waals surface area contributed by atoms with E-state index in [-0.39, 0.29) is 5.57 Å². The standard InChI is InChI=1S/C18H14Cl2N2O/c1-11-6-7-12(2)17(8-11)22-18(23)13(10-21)9-14-15(19)4-3-5-16(14)20/h3-9H,1-2H3,(H,22,23)/b13-9-. The van der Waals surface area contributed by atoms with Gasteiger partial charge in [-0.1, -0.05) is 41.4 Å². The van der Waals surface area contributed by atoms with Crippen LogP contribution in [0.1, 0.15) is 16.7 Å². The second kappa shape index (κ2) is 7.32. The lowest BCUT2D eigenvalue weighted by Gasteiger charge is -2.09. The van der Waals surface area contributed by atoms with Gasteiger partial charge in [0.1, 0.15) is 11.6 Å². The highest BCUT2D eigenvalue weighted by Gasteiger charge is 2.13. The summed E-state index contributed by atoms with van der Waals surface area (Å²) in [5.74, 6) is -0.503. The topological polar surface area (TPSA) is 52.9 Å². The molecule has 0 fully saturated rings. The van der Waals surface area contributed by atoms with Gasteiger partial charge in [-0.2, -0.15) is 5.26 Å². The number of amides is 1. The fourth-order valence-electron chi connectivity index (χ4n) is 2.00. The smallest absolute Gasteiger partial charge is 0.266 e. The Hall–Kier alpha value is -2.28. The number of halogens is 2. The molecule has 1 amide bonds. The third-order valence-electron chi connectivity index (χ3n) is 3.29. The molecule has 0 saturated heterocycles. The Bertz CT molecular complexity index is 815. The third-order valence-corrected chi connectivity index (χ3v) is 3.95. The number of carbonyl (C=O) groups is 1. The van der Waals surface area contributed by atoms with Gasteiger partial charge in [-0.25, -0.2) is 0 Å². The maximum absolute atomic E-state index is 12.3. The predicted octanol–water partition coefficient (Wildman–Crippen LogP) is 5.16. The van der Waals surface area contributed by atoms with Crippen molar-refractivity contribution in [2.45, 2.75) is 13.8 Å². The summed E-state index contributed by atoms with van der Waals surface area (Å²) >= 11 is 12.1. The molecule has 3 nitrogen and oxygen atoms in total. The van der Waals surface area contributed by atoms with Crippen molar-refractivity contribution in [3.63, 3.8) is 0 Å². The molecule has 0 heterocycles. The Labute approximate surface area is 145 Å². The van der Waals surface area contributed by atoms with Crippen molar-refractivity contribution in [2.24, 2.45) is 0 Å². The zero-order valence-electron chi connectivity index (χ0n) is 12.7. The van der Waals surface area contributed by atoms with E-state index in [2.05, 4.69) is 5.32 Å². The molecule has 5 heteroatoms. The van der Waals surface area contributed by atoms with Crippen molar-refractivity contribution in [1.29, 1.82) is 5.26 Å². The van der Waals surface area contributed by atoms with Crippen LogP contribution in [0, 0.1) is 25.2 Å². The van der Waals surface area contributed by atoms with Crippen molar-refractivity contribution in [1.82, 2.24) is 0 Å². The highest BCUT2D eigenvalue weighted by Crippen LogP contribution is 2.27. The van der Waals surface area contributed by atoms with Gasteiger partial charge in [-0.15, -0.1) is 0 Å². The predicted molar refractivity (Wildman–Crippen MR) is 94.6 cm³/mol. The Kier molecular flexibility index (Phi) is 5.44. The van der Waals surface area contributed by atoms with E-state index in [9.17, 15) is 10.1 Å². The Morgan fingerprint density at radius 3 is 2.43 bits per heavy atom. The molecule has 23 heavy (non-hydrogen) atoms. The molecule has 0 aliphatic heterocycles. The first-order chi connectivity index (χ1) is 10.9. The van der Waals surface area contributed by atoms with E-state index in [1.807, 2.05) is 38.1 Å². The van der Waals surface area contributed by atoms with E-state index in [0.29, 0.717) is 21.3 Å². The summed E-state index contributed by atoms with van der Waals surface area (Å²) in [5, 5.41) is 12.8. The Morgan fingerprint density at radius 2 is 1.83 bits per heavy atom. The molecular formula is C18H14Cl2N2O. The molecule has 0 bridgehead atoms. The minimum absolute atomic E-state index is 0.0686. The van der Waals surface area contributed by atoms with Crippen LogP contribution in [0.4, 0.5) is 5.69 Å². The van der Waals surface area contributed by atoms with Crippen LogP contribution in [0.25, 0.3) is 6.08 Å². The van der Waals surface area contributed by atoms with E-state index in [4.69, 9.17) is 23.2 Å². The van der Waals surface area contributed by atoms with Gasteiger partial charge in [0.15, 0.2) is 0 Å². The summed E-state index contributed by atoms with van der Waals surface area (Å²) < 4.78 is 0. The number of rotatable bonds is 3. The van der Waals surface area contributed by atoms with Crippen LogP contribution in [-0.2, 0) is 4.79 Å². The molecule has 0 aliphatic carbocycles. The van der Waals surface area contributed by atoms with Crippen LogP contribution in [0.5, 0.6) is 0 Å². The fraction of sp³-hybridized carbons (Fsp3) is 0.111. The lowest BCUT2D eigenvalue weighted by molar-refractivity contribution is -0.112. The summed E-state index contributed by atoms with van der Waals surface area (Å²) in [6, 6.07) is 12.6. The summed E-state index contributed by atoms with van der Waals surface area (Å²) in [4.78, 5) is 12.3. The molecule has 0 unspecified atom stereocenters. The first-order valence-electron chi connectivity index (χ1n) is 6.87. The number of carbonyl (C=O) groups excluding carboxylic acids is 1. The average molecular weight is 345 g/mol. The summed E-state index contributed by atoms with van der Waals surface area (Å²) in [6.07, 6.45) is 1.39. The monoisotopic (exact) mass is 344 g/mol. The van der Waals surface area contributed by atoms with Crippen LogP contribution in [0.2, 0.25) is 10.0 Å². The maximum Gasteiger partial charge on any atom is 0.266 e. The van der Waals surface area contributed by atoms with Gasteiger partial charge in [0.05, 0.1) is 0 Å². The molecule has 0 atom stereocenters. The normalized spacial score (nSPS) is 11.0. The molecule has 0 radical (unpaired) electrons. The van der Waals surface area contributed by atoms with Crippen molar-refractivity contribution >= 4 is 40.9 Å². The number of aryl methyl sites for hydroxylation is 2. The highest BCUT2D eigenvalue weighted by molar-refractivity contribution is 6.37. The third kappa shape index (κ3) is 4.13. The van der Waals surface area contributed by atoms with Gasteiger partial charge >= 0.3 is 0 Å². The van der Waals surface area contributed by atoms with Crippen LogP contribution in [0.3, 0.4) is 0 Å². The molecule has 2 rings (SSSR count). The number of hydrogen-bond acceptors (Lipinski definition) is 2. The lowest BCUT2D eigenvalue weighted by Crippen LogP contribution is -2.14. The summed E-state index contributed by atoms with van der Waals surface area (Å²) in [7, 11) is 0. The van der Waals surface area contributed by atoms with Crippen LogP contribution in [0.15, 0.2) is 42.0 Å². The van der Waals surface area contributed by atoms with Crippen LogP contribution >= 0.6 is 23.2 Å². The molecule has 2 aromatic rings. The SMILES string of the molecule is Cc1ccc(C)c(NC(=O)/C(C#N)=C\c2c(Cl)cccc2Cl)c1. The van der Waals surface area contributed by atoms with Crippen molar-refractivity contribution in [3.8, 4) is 6.07 Å². The molecule has 0 aromatic heterocycles. The number of nitriles is 1. The minimum Gasteiger partial charge on any atom is -0.321 e. The molecule has 2 aromatic carbocycles. The second-order valence-electron chi connectivity index (χ2n) is 5.08. The molecule has 0 saturated carbocycles. The summed E-state index contributed by atoms with van der Waals surface area (Å²) in [6.45, 7) is 3.81. The second-order valence-corrected chi connectivity index (χ2v) is 5.89. The average Bonchev–Trinajstić information content (AvgIpc) is 2.50.